The van der Waals surface area contributed by atoms with E-state index in [0.717, 1.165) is 0 Å². The predicted molar refractivity (Wildman–Crippen MR) is 66.6 cm³/mol. The van der Waals surface area contributed by atoms with Crippen LogP contribution >= 0.6 is 11.8 Å². The lowest BCUT2D eigenvalue weighted by atomic mass is 10.1. The van der Waals surface area contributed by atoms with Gasteiger partial charge in [0.05, 0.1) is 11.7 Å². The second kappa shape index (κ2) is 8.44. The minimum atomic E-state index is -0.776. The number of amides is 1. The van der Waals surface area contributed by atoms with Gasteiger partial charge in [0.15, 0.2) is 0 Å². The van der Waals surface area contributed by atoms with Gasteiger partial charge in [-0.2, -0.15) is 0 Å². The Balaban J connectivity index is 3.44. The number of hydrogen-bond donors (Lipinski definition) is 2. The van der Waals surface area contributed by atoms with Gasteiger partial charge in [0, 0.05) is 6.54 Å². The molecule has 4 nitrogen and oxygen atoms in total. The summed E-state index contributed by atoms with van der Waals surface area (Å²) < 4.78 is 0. The molecular formula is C11H21NO3S. The van der Waals surface area contributed by atoms with E-state index < -0.39 is 5.97 Å². The number of carbonyl (C=O) groups excluding carboxylic acids is 1. The molecule has 1 unspecified atom stereocenters. The summed E-state index contributed by atoms with van der Waals surface area (Å²) in [6.07, 6.45) is 1.32. The Labute approximate surface area is 101 Å². The molecule has 0 aliphatic carbocycles. The molecule has 0 bridgehead atoms. The van der Waals surface area contributed by atoms with E-state index in [1.807, 2.05) is 13.8 Å². The van der Waals surface area contributed by atoms with Crippen LogP contribution in [0.1, 0.15) is 33.6 Å². The van der Waals surface area contributed by atoms with E-state index in [-0.39, 0.29) is 11.8 Å². The van der Waals surface area contributed by atoms with Crippen molar-refractivity contribution in [1.29, 1.82) is 0 Å². The highest BCUT2D eigenvalue weighted by atomic mass is 32.2. The summed E-state index contributed by atoms with van der Waals surface area (Å²) in [5.74, 6) is -0.600. The SMILES string of the molecule is CC(C)SCC(=O)NCCCC(C)C(=O)O. The van der Waals surface area contributed by atoms with E-state index in [1.54, 1.807) is 18.7 Å². The molecule has 1 atom stereocenters. The molecule has 0 aromatic rings. The van der Waals surface area contributed by atoms with E-state index >= 15 is 0 Å². The number of rotatable bonds is 8. The van der Waals surface area contributed by atoms with Crippen LogP contribution < -0.4 is 5.32 Å². The number of nitrogens with one attached hydrogen (secondary N) is 1. The summed E-state index contributed by atoms with van der Waals surface area (Å²) >= 11 is 1.60. The number of carbonyl (C=O) groups is 2. The molecule has 0 spiro atoms. The van der Waals surface area contributed by atoms with Gasteiger partial charge in [0.1, 0.15) is 0 Å². The van der Waals surface area contributed by atoms with Gasteiger partial charge in [-0.3, -0.25) is 9.59 Å². The molecule has 1 amide bonds. The summed E-state index contributed by atoms with van der Waals surface area (Å²) in [6, 6.07) is 0. The van der Waals surface area contributed by atoms with Crippen molar-refractivity contribution in [2.75, 3.05) is 12.3 Å². The lowest BCUT2D eigenvalue weighted by Crippen LogP contribution is -2.27. The number of thioether (sulfide) groups is 1. The standard InChI is InChI=1S/C11H21NO3S/c1-8(2)16-7-10(13)12-6-4-5-9(3)11(14)15/h8-9H,4-7H2,1-3H3,(H,12,13)(H,14,15). The molecule has 0 saturated carbocycles. The van der Waals surface area contributed by atoms with Crippen LogP contribution in [0.15, 0.2) is 0 Å². The van der Waals surface area contributed by atoms with E-state index in [0.29, 0.717) is 30.4 Å². The molecule has 0 saturated heterocycles. The fourth-order valence-corrected chi connectivity index (χ4v) is 1.64. The van der Waals surface area contributed by atoms with E-state index in [1.165, 1.54) is 0 Å². The maximum absolute atomic E-state index is 11.3. The molecule has 0 rings (SSSR count). The van der Waals surface area contributed by atoms with Crippen LogP contribution in [0, 0.1) is 5.92 Å². The number of hydrogen-bond acceptors (Lipinski definition) is 3. The van der Waals surface area contributed by atoms with Crippen molar-refractivity contribution in [1.82, 2.24) is 5.32 Å². The number of carboxylic acids is 1. The first-order chi connectivity index (χ1) is 7.43. The summed E-state index contributed by atoms with van der Waals surface area (Å²) in [5.41, 5.74) is 0. The Morgan fingerprint density at radius 1 is 1.31 bits per heavy atom. The van der Waals surface area contributed by atoms with Crippen molar-refractivity contribution in [3.05, 3.63) is 0 Å². The van der Waals surface area contributed by atoms with Crippen molar-refractivity contribution >= 4 is 23.6 Å². The molecule has 0 aromatic heterocycles. The lowest BCUT2D eigenvalue weighted by Gasteiger charge is -2.08. The molecule has 16 heavy (non-hydrogen) atoms. The van der Waals surface area contributed by atoms with Gasteiger partial charge >= 0.3 is 5.97 Å². The maximum atomic E-state index is 11.3. The fraction of sp³-hybridized carbons (Fsp3) is 0.818. The third-order valence-electron chi connectivity index (χ3n) is 2.11. The fourth-order valence-electron chi connectivity index (χ4n) is 1.05. The second-order valence-corrected chi connectivity index (χ2v) is 5.66. The third-order valence-corrected chi connectivity index (χ3v) is 3.20. The Hall–Kier alpha value is -0.710. The van der Waals surface area contributed by atoms with Crippen LogP contribution in [-0.4, -0.2) is 34.5 Å². The first-order valence-electron chi connectivity index (χ1n) is 5.54. The van der Waals surface area contributed by atoms with Gasteiger partial charge in [0.2, 0.25) is 5.91 Å². The van der Waals surface area contributed by atoms with Gasteiger partial charge in [0.25, 0.3) is 0 Å². The van der Waals surface area contributed by atoms with Gasteiger partial charge in [-0.1, -0.05) is 20.8 Å². The third kappa shape index (κ3) is 8.59. The maximum Gasteiger partial charge on any atom is 0.306 e. The van der Waals surface area contributed by atoms with Gasteiger partial charge < -0.3 is 10.4 Å². The van der Waals surface area contributed by atoms with Crippen molar-refractivity contribution < 1.29 is 14.7 Å². The topological polar surface area (TPSA) is 66.4 Å². The Morgan fingerprint density at radius 3 is 2.44 bits per heavy atom. The van der Waals surface area contributed by atoms with Crippen LogP contribution in [0.4, 0.5) is 0 Å². The van der Waals surface area contributed by atoms with E-state index in [4.69, 9.17) is 5.11 Å². The Bertz CT molecular complexity index is 231. The molecule has 94 valence electrons. The highest BCUT2D eigenvalue weighted by Gasteiger charge is 2.10. The highest BCUT2D eigenvalue weighted by molar-refractivity contribution is 8.00. The molecule has 0 fully saturated rings. The zero-order valence-corrected chi connectivity index (χ0v) is 11.0. The molecule has 0 aliphatic heterocycles. The van der Waals surface area contributed by atoms with Gasteiger partial charge in [-0.05, 0) is 18.1 Å². The Kier molecular flexibility index (Phi) is 8.07. The molecular weight excluding hydrogens is 226 g/mol. The van der Waals surface area contributed by atoms with Crippen molar-refractivity contribution in [2.45, 2.75) is 38.9 Å². The van der Waals surface area contributed by atoms with Crippen LogP contribution in [0.5, 0.6) is 0 Å². The molecule has 0 aliphatic rings. The molecule has 0 aromatic carbocycles. The summed E-state index contributed by atoms with van der Waals surface area (Å²) in [6.45, 7) is 6.34. The van der Waals surface area contributed by atoms with Crippen LogP contribution in [0.2, 0.25) is 0 Å². The Morgan fingerprint density at radius 2 is 1.94 bits per heavy atom. The first kappa shape index (κ1) is 15.3. The summed E-state index contributed by atoms with van der Waals surface area (Å²) in [7, 11) is 0. The largest absolute Gasteiger partial charge is 0.481 e. The quantitative estimate of drug-likeness (QED) is 0.641. The number of carboxylic acid groups (broad SMARTS) is 1. The van der Waals surface area contributed by atoms with Crippen LogP contribution in [0.25, 0.3) is 0 Å². The minimum absolute atomic E-state index is 0.0293. The molecule has 0 heterocycles. The average Bonchev–Trinajstić information content (AvgIpc) is 2.20. The monoisotopic (exact) mass is 247 g/mol. The molecule has 5 heteroatoms. The van der Waals surface area contributed by atoms with E-state index in [2.05, 4.69) is 5.32 Å². The minimum Gasteiger partial charge on any atom is -0.481 e. The first-order valence-corrected chi connectivity index (χ1v) is 6.59. The van der Waals surface area contributed by atoms with E-state index in [9.17, 15) is 9.59 Å². The van der Waals surface area contributed by atoms with Gasteiger partial charge in [-0.25, -0.2) is 0 Å². The van der Waals surface area contributed by atoms with Crippen LogP contribution in [-0.2, 0) is 9.59 Å². The smallest absolute Gasteiger partial charge is 0.306 e. The summed E-state index contributed by atoms with van der Waals surface area (Å²) in [4.78, 5) is 21.8. The zero-order valence-electron chi connectivity index (χ0n) is 10.2. The molecule has 2 N–H and O–H groups in total. The van der Waals surface area contributed by atoms with Crippen molar-refractivity contribution in [3.63, 3.8) is 0 Å². The number of aliphatic carboxylic acids is 1. The highest BCUT2D eigenvalue weighted by Crippen LogP contribution is 2.08. The normalized spacial score (nSPS) is 12.5. The second-order valence-electron chi connectivity index (χ2n) is 4.09. The average molecular weight is 247 g/mol. The van der Waals surface area contributed by atoms with Crippen molar-refractivity contribution in [2.24, 2.45) is 5.92 Å². The van der Waals surface area contributed by atoms with Gasteiger partial charge in [-0.15, -0.1) is 11.8 Å². The summed E-state index contributed by atoms with van der Waals surface area (Å²) in [5, 5.41) is 11.9. The van der Waals surface area contributed by atoms with Crippen LogP contribution in [0.3, 0.4) is 0 Å². The predicted octanol–water partition coefficient (Wildman–Crippen LogP) is 1.75. The lowest BCUT2D eigenvalue weighted by molar-refractivity contribution is -0.141. The zero-order chi connectivity index (χ0) is 12.6. The molecule has 0 radical (unpaired) electrons. The van der Waals surface area contributed by atoms with Crippen molar-refractivity contribution in [3.8, 4) is 0 Å².